The molecule has 0 atom stereocenters. The second kappa shape index (κ2) is 7.56. The number of nitriles is 1. The van der Waals surface area contributed by atoms with Crippen molar-refractivity contribution in [3.63, 3.8) is 0 Å². The maximum absolute atomic E-state index is 11.7. The molecule has 0 bridgehead atoms. The van der Waals surface area contributed by atoms with Gasteiger partial charge in [0.15, 0.2) is 0 Å². The summed E-state index contributed by atoms with van der Waals surface area (Å²) >= 11 is 1.42. The molecule has 1 aromatic carbocycles. The van der Waals surface area contributed by atoms with Gasteiger partial charge >= 0.3 is 0 Å². The number of primary amides is 1. The molecule has 4 rings (SSSR count). The van der Waals surface area contributed by atoms with Gasteiger partial charge in [-0.15, -0.1) is 11.3 Å². The number of fused-ring (bicyclic) bond motifs is 1. The van der Waals surface area contributed by atoms with Crippen LogP contribution in [0.5, 0.6) is 0 Å². The number of aromatic nitrogens is 1. The highest BCUT2D eigenvalue weighted by atomic mass is 32.1. The van der Waals surface area contributed by atoms with E-state index in [0.717, 1.165) is 48.9 Å². The molecule has 8 heteroatoms. The topological polar surface area (TPSA) is 118 Å². The number of ether oxygens (including phenoxy) is 1. The Morgan fingerprint density at radius 2 is 2.11 bits per heavy atom. The number of rotatable bonds is 4. The summed E-state index contributed by atoms with van der Waals surface area (Å²) < 4.78 is 6.10. The molecule has 1 aliphatic heterocycles. The lowest BCUT2D eigenvalue weighted by Crippen LogP contribution is -2.35. The zero-order valence-electron chi connectivity index (χ0n) is 15.1. The first kappa shape index (κ1) is 18.4. The predicted octanol–water partition coefficient (Wildman–Crippen LogP) is 2.35. The van der Waals surface area contributed by atoms with Crippen LogP contribution in [-0.4, -0.2) is 42.1 Å². The van der Waals surface area contributed by atoms with Gasteiger partial charge in [-0.05, 0) is 23.3 Å². The number of nitrogens with two attached hydrogens (primary N) is 2. The average molecular weight is 393 g/mol. The second-order valence-corrected chi connectivity index (χ2v) is 7.70. The van der Waals surface area contributed by atoms with Crippen molar-refractivity contribution in [1.29, 1.82) is 5.26 Å². The standard InChI is InChI=1S/C20H19N5O2S/c21-9-14-7-12(1-2-13(14)11-25-3-5-27-6-4-25)17-8-15-18(28-17)16(20(23)26)10-24-19(15)22/h1-2,7-8,10H,3-6,11H2,(H2,22,24)(H2,23,26). The highest BCUT2D eigenvalue weighted by molar-refractivity contribution is 7.22. The highest BCUT2D eigenvalue weighted by Gasteiger charge is 2.17. The molecule has 1 amide bonds. The number of nitrogens with zero attached hydrogens (tertiary/aromatic N) is 3. The molecular weight excluding hydrogens is 374 g/mol. The maximum atomic E-state index is 11.7. The molecule has 0 unspecified atom stereocenters. The van der Waals surface area contributed by atoms with Gasteiger partial charge in [0.05, 0.1) is 35.1 Å². The summed E-state index contributed by atoms with van der Waals surface area (Å²) in [5.74, 6) is -0.184. The third-order valence-corrected chi connectivity index (χ3v) is 6.08. The fourth-order valence-corrected chi connectivity index (χ4v) is 4.51. The lowest BCUT2D eigenvalue weighted by atomic mass is 10.0. The number of thiophene rings is 1. The van der Waals surface area contributed by atoms with Crippen molar-refractivity contribution < 1.29 is 9.53 Å². The van der Waals surface area contributed by atoms with E-state index in [9.17, 15) is 10.1 Å². The van der Waals surface area contributed by atoms with Crippen LogP contribution in [0.4, 0.5) is 5.82 Å². The fraction of sp³-hybridized carbons (Fsp3) is 0.250. The van der Waals surface area contributed by atoms with Crippen molar-refractivity contribution in [3.8, 4) is 16.5 Å². The quantitative estimate of drug-likeness (QED) is 0.702. The number of nitrogen functional groups attached to an aromatic ring is 1. The van der Waals surface area contributed by atoms with E-state index in [0.29, 0.717) is 27.0 Å². The lowest BCUT2D eigenvalue weighted by Gasteiger charge is -2.26. The van der Waals surface area contributed by atoms with E-state index in [1.165, 1.54) is 17.5 Å². The predicted molar refractivity (Wildman–Crippen MR) is 109 cm³/mol. The summed E-state index contributed by atoms with van der Waals surface area (Å²) in [5.41, 5.74) is 14.3. The molecule has 3 aromatic rings. The van der Waals surface area contributed by atoms with Gasteiger partial charge in [-0.3, -0.25) is 9.69 Å². The van der Waals surface area contributed by atoms with Crippen LogP contribution in [0.3, 0.4) is 0 Å². The Labute approximate surface area is 166 Å². The molecule has 0 saturated carbocycles. The summed E-state index contributed by atoms with van der Waals surface area (Å²) in [6.45, 7) is 3.90. The molecule has 0 spiro atoms. The van der Waals surface area contributed by atoms with Crippen LogP contribution in [0.2, 0.25) is 0 Å². The minimum Gasteiger partial charge on any atom is -0.383 e. The Morgan fingerprint density at radius 1 is 1.32 bits per heavy atom. The third-order valence-electron chi connectivity index (χ3n) is 4.86. The number of morpholine rings is 1. The Balaban J connectivity index is 1.71. The van der Waals surface area contributed by atoms with E-state index in [1.54, 1.807) is 0 Å². The van der Waals surface area contributed by atoms with Gasteiger partial charge in [0.1, 0.15) is 5.82 Å². The van der Waals surface area contributed by atoms with Crippen molar-refractivity contribution in [2.45, 2.75) is 6.54 Å². The first-order chi connectivity index (χ1) is 13.6. The van der Waals surface area contributed by atoms with Crippen LogP contribution >= 0.6 is 11.3 Å². The SMILES string of the molecule is N#Cc1cc(-c2cc3c(N)ncc(C(N)=O)c3s2)ccc1CN1CCOCC1. The van der Waals surface area contributed by atoms with Crippen molar-refractivity contribution in [2.24, 2.45) is 5.73 Å². The van der Waals surface area contributed by atoms with Gasteiger partial charge in [-0.1, -0.05) is 12.1 Å². The average Bonchev–Trinajstić information content (AvgIpc) is 3.15. The van der Waals surface area contributed by atoms with Gasteiger partial charge in [-0.25, -0.2) is 4.98 Å². The van der Waals surface area contributed by atoms with Crippen LogP contribution in [-0.2, 0) is 11.3 Å². The first-order valence-corrected chi connectivity index (χ1v) is 9.70. The van der Waals surface area contributed by atoms with Crippen LogP contribution in [0.15, 0.2) is 30.5 Å². The number of carbonyl (C=O) groups is 1. The third kappa shape index (κ3) is 3.43. The highest BCUT2D eigenvalue weighted by Crippen LogP contribution is 2.38. The number of pyridine rings is 1. The van der Waals surface area contributed by atoms with Crippen LogP contribution in [0, 0.1) is 11.3 Å². The largest absolute Gasteiger partial charge is 0.383 e. The van der Waals surface area contributed by atoms with E-state index in [1.807, 2.05) is 24.3 Å². The molecule has 2 aromatic heterocycles. The number of carbonyl (C=O) groups excluding carboxylic acids is 1. The number of amides is 1. The zero-order chi connectivity index (χ0) is 19.7. The van der Waals surface area contributed by atoms with Gasteiger partial charge in [-0.2, -0.15) is 5.26 Å². The van der Waals surface area contributed by atoms with Crippen LogP contribution in [0.25, 0.3) is 20.5 Å². The van der Waals surface area contributed by atoms with Gasteiger partial charge in [0.25, 0.3) is 5.91 Å². The van der Waals surface area contributed by atoms with Crippen molar-refractivity contribution in [2.75, 3.05) is 32.0 Å². The van der Waals surface area contributed by atoms with Crippen molar-refractivity contribution >= 4 is 33.1 Å². The van der Waals surface area contributed by atoms with E-state index in [-0.39, 0.29) is 0 Å². The molecule has 3 heterocycles. The Kier molecular flexibility index (Phi) is 4.96. The van der Waals surface area contributed by atoms with Crippen LogP contribution in [0.1, 0.15) is 21.5 Å². The molecule has 4 N–H and O–H groups in total. The van der Waals surface area contributed by atoms with E-state index in [4.69, 9.17) is 16.2 Å². The molecule has 1 saturated heterocycles. The minimum absolute atomic E-state index is 0.352. The first-order valence-electron chi connectivity index (χ1n) is 8.88. The molecule has 1 fully saturated rings. The maximum Gasteiger partial charge on any atom is 0.251 e. The molecule has 0 radical (unpaired) electrons. The molecule has 1 aliphatic rings. The van der Waals surface area contributed by atoms with E-state index < -0.39 is 5.91 Å². The van der Waals surface area contributed by atoms with Gasteiger partial charge < -0.3 is 16.2 Å². The van der Waals surface area contributed by atoms with Crippen LogP contribution < -0.4 is 11.5 Å². The smallest absolute Gasteiger partial charge is 0.251 e. The number of benzene rings is 1. The zero-order valence-corrected chi connectivity index (χ0v) is 16.0. The van der Waals surface area contributed by atoms with E-state index in [2.05, 4.69) is 16.0 Å². The van der Waals surface area contributed by atoms with Crippen molar-refractivity contribution in [1.82, 2.24) is 9.88 Å². The molecule has 0 aliphatic carbocycles. The monoisotopic (exact) mass is 393 g/mol. The fourth-order valence-electron chi connectivity index (χ4n) is 3.33. The summed E-state index contributed by atoms with van der Waals surface area (Å²) in [7, 11) is 0. The van der Waals surface area contributed by atoms with E-state index >= 15 is 0 Å². The number of hydrogen-bond acceptors (Lipinski definition) is 7. The normalized spacial score (nSPS) is 14.8. The summed E-state index contributed by atoms with van der Waals surface area (Å²) in [5, 5.41) is 10.3. The Hall–Kier alpha value is -2.99. The molecule has 142 valence electrons. The van der Waals surface area contributed by atoms with Gasteiger partial charge in [0, 0.05) is 36.1 Å². The van der Waals surface area contributed by atoms with Gasteiger partial charge in [0.2, 0.25) is 0 Å². The summed E-state index contributed by atoms with van der Waals surface area (Å²) in [6, 6.07) is 10.1. The number of anilines is 1. The Bertz CT molecular complexity index is 1100. The Morgan fingerprint density at radius 3 is 2.82 bits per heavy atom. The summed E-state index contributed by atoms with van der Waals surface area (Å²) in [6.07, 6.45) is 1.41. The molecule has 7 nitrogen and oxygen atoms in total. The minimum atomic E-state index is -0.538. The second-order valence-electron chi connectivity index (χ2n) is 6.65. The molecular formula is C20H19N5O2S. The summed E-state index contributed by atoms with van der Waals surface area (Å²) in [4.78, 5) is 19.0. The number of hydrogen-bond donors (Lipinski definition) is 2. The molecule has 28 heavy (non-hydrogen) atoms. The lowest BCUT2D eigenvalue weighted by molar-refractivity contribution is 0.0341. The van der Waals surface area contributed by atoms with Crippen molar-refractivity contribution in [3.05, 3.63) is 47.2 Å².